The number of carbonyl (C=O) groups excluding carboxylic acids is 2. The van der Waals surface area contributed by atoms with Gasteiger partial charge in [-0.3, -0.25) is 4.79 Å². The molecule has 0 aliphatic carbocycles. The highest BCUT2D eigenvalue weighted by Gasteiger charge is 2.13. The third-order valence-electron chi connectivity index (χ3n) is 3.53. The van der Waals surface area contributed by atoms with Crippen LogP contribution < -0.4 is 16.0 Å². The predicted molar refractivity (Wildman–Crippen MR) is 89.9 cm³/mol. The van der Waals surface area contributed by atoms with Crippen molar-refractivity contribution in [2.24, 2.45) is 5.92 Å². The lowest BCUT2D eigenvalue weighted by atomic mass is 10.0. The van der Waals surface area contributed by atoms with Gasteiger partial charge in [-0.1, -0.05) is 32.9 Å². The normalized spacial score (nSPS) is 11.9. The standard InChI is InChI=1S/C17H27N3O2/c1-5-16(12(2)3)20-17(22)18-11-10-14-6-8-15(9-7-14)19-13(4)21/h6-9,12,16H,5,10-11H2,1-4H3,(H,19,21)(H2,18,20,22). The highest BCUT2D eigenvalue weighted by molar-refractivity contribution is 5.88. The van der Waals surface area contributed by atoms with Gasteiger partial charge in [-0.05, 0) is 36.5 Å². The molecule has 0 spiro atoms. The van der Waals surface area contributed by atoms with Gasteiger partial charge in [0, 0.05) is 25.2 Å². The van der Waals surface area contributed by atoms with Crippen LogP contribution in [-0.4, -0.2) is 24.5 Å². The number of nitrogens with one attached hydrogen (secondary N) is 3. The lowest BCUT2D eigenvalue weighted by molar-refractivity contribution is -0.114. The fraction of sp³-hybridized carbons (Fsp3) is 0.529. The van der Waals surface area contributed by atoms with Crippen LogP contribution in [0.2, 0.25) is 0 Å². The second-order valence-electron chi connectivity index (χ2n) is 5.79. The number of carbonyl (C=O) groups is 2. The molecule has 1 rings (SSSR count). The Balaban J connectivity index is 2.34. The van der Waals surface area contributed by atoms with E-state index in [0.717, 1.165) is 24.1 Å². The van der Waals surface area contributed by atoms with Crippen molar-refractivity contribution in [3.63, 3.8) is 0 Å². The predicted octanol–water partition coefficient (Wildman–Crippen LogP) is 2.92. The third-order valence-corrected chi connectivity index (χ3v) is 3.53. The van der Waals surface area contributed by atoms with Gasteiger partial charge in [-0.15, -0.1) is 0 Å². The fourth-order valence-electron chi connectivity index (χ4n) is 2.24. The Labute approximate surface area is 132 Å². The van der Waals surface area contributed by atoms with Gasteiger partial charge in [-0.2, -0.15) is 0 Å². The molecule has 0 saturated heterocycles. The summed E-state index contributed by atoms with van der Waals surface area (Å²) in [6.07, 6.45) is 1.68. The second-order valence-corrected chi connectivity index (χ2v) is 5.79. The molecule has 0 radical (unpaired) electrons. The third kappa shape index (κ3) is 6.61. The monoisotopic (exact) mass is 305 g/mol. The molecule has 0 bridgehead atoms. The summed E-state index contributed by atoms with van der Waals surface area (Å²) in [6.45, 7) is 8.34. The molecule has 1 atom stereocenters. The maximum Gasteiger partial charge on any atom is 0.315 e. The van der Waals surface area contributed by atoms with Crippen molar-refractivity contribution in [1.82, 2.24) is 10.6 Å². The van der Waals surface area contributed by atoms with Crippen LogP contribution in [-0.2, 0) is 11.2 Å². The molecule has 0 saturated carbocycles. The van der Waals surface area contributed by atoms with Crippen LogP contribution in [0.3, 0.4) is 0 Å². The number of hydrogen-bond donors (Lipinski definition) is 3. The first-order chi connectivity index (χ1) is 10.4. The van der Waals surface area contributed by atoms with E-state index in [9.17, 15) is 9.59 Å². The minimum atomic E-state index is -0.115. The minimum Gasteiger partial charge on any atom is -0.338 e. The number of benzene rings is 1. The Morgan fingerprint density at radius 1 is 1.14 bits per heavy atom. The first kappa shape index (κ1) is 18.0. The van der Waals surface area contributed by atoms with Crippen LogP contribution in [0.4, 0.5) is 10.5 Å². The van der Waals surface area contributed by atoms with Crippen LogP contribution in [0.25, 0.3) is 0 Å². The quantitative estimate of drug-likeness (QED) is 0.725. The van der Waals surface area contributed by atoms with Crippen molar-refractivity contribution < 1.29 is 9.59 Å². The van der Waals surface area contributed by atoms with E-state index in [0.29, 0.717) is 12.5 Å². The highest BCUT2D eigenvalue weighted by atomic mass is 16.2. The van der Waals surface area contributed by atoms with Gasteiger partial charge in [0.1, 0.15) is 0 Å². The molecule has 0 fully saturated rings. The number of anilines is 1. The number of urea groups is 1. The second kappa shape index (κ2) is 9.07. The zero-order valence-electron chi connectivity index (χ0n) is 13.9. The van der Waals surface area contributed by atoms with Crippen molar-refractivity contribution in [3.8, 4) is 0 Å². The number of rotatable bonds is 7. The van der Waals surface area contributed by atoms with E-state index < -0.39 is 0 Å². The topological polar surface area (TPSA) is 70.2 Å². The van der Waals surface area contributed by atoms with Crippen molar-refractivity contribution in [1.29, 1.82) is 0 Å². The average Bonchev–Trinajstić information content (AvgIpc) is 2.45. The Morgan fingerprint density at radius 3 is 2.27 bits per heavy atom. The largest absolute Gasteiger partial charge is 0.338 e. The lowest BCUT2D eigenvalue weighted by Crippen LogP contribution is -2.44. The van der Waals surface area contributed by atoms with E-state index in [-0.39, 0.29) is 18.0 Å². The van der Waals surface area contributed by atoms with Gasteiger partial charge < -0.3 is 16.0 Å². The van der Waals surface area contributed by atoms with E-state index in [1.165, 1.54) is 6.92 Å². The van der Waals surface area contributed by atoms with Crippen LogP contribution >= 0.6 is 0 Å². The molecule has 3 N–H and O–H groups in total. The van der Waals surface area contributed by atoms with Crippen molar-refractivity contribution in [2.75, 3.05) is 11.9 Å². The maximum absolute atomic E-state index is 11.8. The molecule has 1 aromatic rings. The summed E-state index contributed by atoms with van der Waals surface area (Å²) in [4.78, 5) is 22.8. The van der Waals surface area contributed by atoms with Crippen LogP contribution in [0.15, 0.2) is 24.3 Å². The first-order valence-corrected chi connectivity index (χ1v) is 7.83. The molecule has 5 heteroatoms. The van der Waals surface area contributed by atoms with E-state index in [2.05, 4.69) is 36.7 Å². The van der Waals surface area contributed by atoms with Crippen LogP contribution in [0, 0.1) is 5.92 Å². The smallest absolute Gasteiger partial charge is 0.315 e. The Bertz CT molecular complexity index is 483. The van der Waals surface area contributed by atoms with Crippen LogP contribution in [0.5, 0.6) is 0 Å². The van der Waals surface area contributed by atoms with Crippen molar-refractivity contribution >= 4 is 17.6 Å². The zero-order chi connectivity index (χ0) is 16.5. The van der Waals surface area contributed by atoms with Crippen LogP contribution in [0.1, 0.15) is 39.7 Å². The van der Waals surface area contributed by atoms with E-state index in [1.807, 2.05) is 24.3 Å². The van der Waals surface area contributed by atoms with Crippen molar-refractivity contribution in [2.45, 2.75) is 46.6 Å². The lowest BCUT2D eigenvalue weighted by Gasteiger charge is -2.20. The molecule has 5 nitrogen and oxygen atoms in total. The highest BCUT2D eigenvalue weighted by Crippen LogP contribution is 2.09. The van der Waals surface area contributed by atoms with Gasteiger partial charge in [0.15, 0.2) is 0 Å². The average molecular weight is 305 g/mol. The number of hydrogen-bond acceptors (Lipinski definition) is 2. The summed E-state index contributed by atoms with van der Waals surface area (Å²) in [6, 6.07) is 7.72. The summed E-state index contributed by atoms with van der Waals surface area (Å²) >= 11 is 0. The summed E-state index contributed by atoms with van der Waals surface area (Å²) in [5.74, 6) is 0.346. The Kier molecular flexibility index (Phi) is 7.43. The van der Waals surface area contributed by atoms with Gasteiger partial charge in [0.2, 0.25) is 5.91 Å². The molecule has 1 unspecified atom stereocenters. The first-order valence-electron chi connectivity index (χ1n) is 7.83. The molecule has 122 valence electrons. The molecular formula is C17H27N3O2. The molecule has 0 aromatic heterocycles. The fourth-order valence-corrected chi connectivity index (χ4v) is 2.24. The molecule has 3 amide bonds. The SMILES string of the molecule is CCC(NC(=O)NCCc1ccc(NC(C)=O)cc1)C(C)C. The van der Waals surface area contributed by atoms with Crippen molar-refractivity contribution in [3.05, 3.63) is 29.8 Å². The molecule has 22 heavy (non-hydrogen) atoms. The minimum absolute atomic E-state index is 0.0817. The summed E-state index contributed by atoms with van der Waals surface area (Å²) in [5, 5.41) is 8.59. The van der Waals surface area contributed by atoms with Gasteiger partial charge >= 0.3 is 6.03 Å². The molecule has 0 aliphatic rings. The molecule has 1 aromatic carbocycles. The molecule has 0 heterocycles. The summed E-state index contributed by atoms with van der Waals surface area (Å²) < 4.78 is 0. The van der Waals surface area contributed by atoms with E-state index >= 15 is 0 Å². The van der Waals surface area contributed by atoms with E-state index in [4.69, 9.17) is 0 Å². The number of amides is 3. The van der Waals surface area contributed by atoms with Gasteiger partial charge in [0.05, 0.1) is 0 Å². The Hall–Kier alpha value is -2.04. The van der Waals surface area contributed by atoms with Gasteiger partial charge in [0.25, 0.3) is 0 Å². The maximum atomic E-state index is 11.8. The summed E-state index contributed by atoms with van der Waals surface area (Å²) in [7, 11) is 0. The zero-order valence-corrected chi connectivity index (χ0v) is 13.9. The molecular weight excluding hydrogens is 278 g/mol. The summed E-state index contributed by atoms with van der Waals surface area (Å²) in [5.41, 5.74) is 1.90. The van der Waals surface area contributed by atoms with E-state index in [1.54, 1.807) is 0 Å². The molecule has 0 aliphatic heterocycles. The Morgan fingerprint density at radius 2 is 1.77 bits per heavy atom. The van der Waals surface area contributed by atoms with Gasteiger partial charge in [-0.25, -0.2) is 4.79 Å².